The summed E-state index contributed by atoms with van der Waals surface area (Å²) in [5.74, 6) is 3.10. The molecule has 3 heterocycles. The van der Waals surface area contributed by atoms with Crippen molar-refractivity contribution in [3.8, 4) is 0 Å². The Bertz CT molecular complexity index is 680. The largest absolute Gasteiger partial charge is 0.317 e. The topological polar surface area (TPSA) is 50.1 Å². The summed E-state index contributed by atoms with van der Waals surface area (Å²) in [4.78, 5) is 9.14. The second-order valence-corrected chi connectivity index (χ2v) is 7.65. The Hall–Kier alpha value is -1.79. The molecule has 25 heavy (non-hydrogen) atoms. The highest BCUT2D eigenvalue weighted by Crippen LogP contribution is 2.36. The molecule has 0 unspecified atom stereocenters. The van der Waals surface area contributed by atoms with Gasteiger partial charge < -0.3 is 4.57 Å². The van der Waals surface area contributed by atoms with Gasteiger partial charge in [-0.15, -0.1) is 10.2 Å². The zero-order chi connectivity index (χ0) is 18.0. The molecule has 6 heteroatoms. The van der Waals surface area contributed by atoms with Crippen molar-refractivity contribution in [1.29, 1.82) is 0 Å². The van der Waals surface area contributed by atoms with E-state index in [2.05, 4.69) is 70.6 Å². The lowest BCUT2D eigenvalue weighted by Crippen LogP contribution is -2.30. The third-order valence-electron chi connectivity index (χ3n) is 5.27. The molecule has 0 N–H and O–H groups in total. The molecule has 6 nitrogen and oxygen atoms in total. The molecular formula is C19H30N6. The Morgan fingerprint density at radius 2 is 2.08 bits per heavy atom. The minimum atomic E-state index is 0.398. The van der Waals surface area contributed by atoms with Crippen molar-refractivity contribution in [2.45, 2.75) is 38.8 Å². The quantitative estimate of drug-likeness (QED) is 0.807. The third-order valence-corrected chi connectivity index (χ3v) is 5.27. The van der Waals surface area contributed by atoms with Crippen LogP contribution in [0.3, 0.4) is 0 Å². The molecule has 0 aromatic carbocycles. The monoisotopic (exact) mass is 342 g/mol. The Morgan fingerprint density at radius 3 is 2.72 bits per heavy atom. The maximum absolute atomic E-state index is 4.39. The molecule has 2 aromatic rings. The van der Waals surface area contributed by atoms with Gasteiger partial charge in [0.2, 0.25) is 0 Å². The summed E-state index contributed by atoms with van der Waals surface area (Å²) in [5.41, 5.74) is 1.32. The first-order valence-electron chi connectivity index (χ1n) is 9.14. The van der Waals surface area contributed by atoms with E-state index in [9.17, 15) is 0 Å². The number of pyridine rings is 1. The summed E-state index contributed by atoms with van der Waals surface area (Å²) in [7, 11) is 6.47. The highest BCUT2D eigenvalue weighted by molar-refractivity contribution is 5.17. The Balaban J connectivity index is 1.67. The van der Waals surface area contributed by atoms with E-state index in [1.165, 1.54) is 12.0 Å². The summed E-state index contributed by atoms with van der Waals surface area (Å²) in [6.07, 6.45) is 5.08. The zero-order valence-electron chi connectivity index (χ0n) is 16.1. The average Bonchev–Trinajstić information content (AvgIpc) is 3.12. The maximum Gasteiger partial charge on any atom is 0.146 e. The molecule has 0 saturated carbocycles. The Kier molecular flexibility index (Phi) is 5.49. The van der Waals surface area contributed by atoms with Crippen molar-refractivity contribution in [1.82, 2.24) is 29.5 Å². The van der Waals surface area contributed by atoms with E-state index in [1.54, 1.807) is 0 Å². The van der Waals surface area contributed by atoms with Crippen LogP contribution in [0.15, 0.2) is 24.5 Å². The molecule has 1 aliphatic rings. The number of aromatic nitrogens is 4. The van der Waals surface area contributed by atoms with E-state index >= 15 is 0 Å². The third kappa shape index (κ3) is 3.90. The number of hydrogen-bond acceptors (Lipinski definition) is 5. The predicted molar refractivity (Wildman–Crippen MR) is 99.1 cm³/mol. The summed E-state index contributed by atoms with van der Waals surface area (Å²) in [6, 6.07) is 4.68. The summed E-state index contributed by atoms with van der Waals surface area (Å²) < 4.78 is 2.14. The van der Waals surface area contributed by atoms with E-state index in [-0.39, 0.29) is 0 Å². The first-order valence-corrected chi connectivity index (χ1v) is 9.14. The Morgan fingerprint density at radius 1 is 1.28 bits per heavy atom. The lowest BCUT2D eigenvalue weighted by molar-refractivity contribution is 0.210. The fourth-order valence-electron chi connectivity index (χ4n) is 4.02. The van der Waals surface area contributed by atoms with E-state index in [1.807, 2.05) is 18.5 Å². The molecule has 0 amide bonds. The second-order valence-electron chi connectivity index (χ2n) is 7.65. The van der Waals surface area contributed by atoms with E-state index in [0.717, 1.165) is 31.3 Å². The van der Waals surface area contributed by atoms with Gasteiger partial charge in [-0.2, -0.15) is 0 Å². The SMILES string of the molecule is CC(C)c1nnc(CN(C)C[C@@H]2CCN(C)[C@H]2c2cccnc2)n1C. The first-order chi connectivity index (χ1) is 12.0. The number of nitrogens with zero attached hydrogens (tertiary/aromatic N) is 6. The second kappa shape index (κ2) is 7.62. The molecule has 1 saturated heterocycles. The average molecular weight is 342 g/mol. The molecular weight excluding hydrogens is 312 g/mol. The summed E-state index contributed by atoms with van der Waals surface area (Å²) in [6.45, 7) is 7.33. The van der Waals surface area contributed by atoms with Crippen molar-refractivity contribution in [2.75, 3.05) is 27.2 Å². The molecule has 136 valence electrons. The normalized spacial score (nSPS) is 21.6. The van der Waals surface area contributed by atoms with E-state index in [0.29, 0.717) is 17.9 Å². The summed E-state index contributed by atoms with van der Waals surface area (Å²) >= 11 is 0. The van der Waals surface area contributed by atoms with Gasteiger partial charge in [-0.05, 0) is 44.6 Å². The van der Waals surface area contributed by atoms with Gasteiger partial charge >= 0.3 is 0 Å². The van der Waals surface area contributed by atoms with Gasteiger partial charge in [0.1, 0.15) is 11.6 Å². The van der Waals surface area contributed by atoms with Gasteiger partial charge in [0.05, 0.1) is 6.54 Å². The minimum absolute atomic E-state index is 0.398. The van der Waals surface area contributed by atoms with Gasteiger partial charge in [0, 0.05) is 37.9 Å². The van der Waals surface area contributed by atoms with E-state index < -0.39 is 0 Å². The van der Waals surface area contributed by atoms with Crippen LogP contribution < -0.4 is 0 Å². The standard InChI is InChI=1S/C19H30N6/c1-14(2)19-22-21-17(25(19)5)13-23(3)12-16-8-10-24(4)18(16)15-7-6-9-20-11-15/h6-7,9,11,14,16,18H,8,10,12-13H2,1-5H3/t16-,18-/m0/s1. The van der Waals surface area contributed by atoms with Crippen molar-refractivity contribution in [2.24, 2.45) is 13.0 Å². The molecule has 0 bridgehead atoms. The Labute approximate surface area is 150 Å². The fraction of sp³-hybridized carbons (Fsp3) is 0.632. The van der Waals surface area contributed by atoms with Crippen molar-refractivity contribution >= 4 is 0 Å². The zero-order valence-corrected chi connectivity index (χ0v) is 16.1. The van der Waals surface area contributed by atoms with Crippen molar-refractivity contribution < 1.29 is 0 Å². The molecule has 0 radical (unpaired) electrons. The van der Waals surface area contributed by atoms with Crippen LogP contribution >= 0.6 is 0 Å². The molecule has 2 aromatic heterocycles. The van der Waals surface area contributed by atoms with Crippen LogP contribution in [0.4, 0.5) is 0 Å². The van der Waals surface area contributed by atoms with Gasteiger partial charge in [-0.3, -0.25) is 14.8 Å². The minimum Gasteiger partial charge on any atom is -0.317 e. The van der Waals surface area contributed by atoms with Crippen molar-refractivity contribution in [3.63, 3.8) is 0 Å². The van der Waals surface area contributed by atoms with Gasteiger partial charge in [0.15, 0.2) is 0 Å². The molecule has 0 aliphatic carbocycles. The predicted octanol–water partition coefficient (Wildman–Crippen LogP) is 2.46. The highest BCUT2D eigenvalue weighted by atomic mass is 15.3. The first kappa shape index (κ1) is 18.0. The van der Waals surface area contributed by atoms with Crippen molar-refractivity contribution in [3.05, 3.63) is 41.7 Å². The fourth-order valence-corrected chi connectivity index (χ4v) is 4.02. The molecule has 2 atom stereocenters. The van der Waals surface area contributed by atoms with E-state index in [4.69, 9.17) is 0 Å². The number of rotatable bonds is 6. The maximum atomic E-state index is 4.39. The number of hydrogen-bond donors (Lipinski definition) is 0. The van der Waals surface area contributed by atoms with Crippen LogP contribution in [-0.4, -0.2) is 56.7 Å². The molecule has 1 fully saturated rings. The van der Waals surface area contributed by atoms with Gasteiger partial charge in [-0.1, -0.05) is 19.9 Å². The molecule has 1 aliphatic heterocycles. The van der Waals surface area contributed by atoms with Crippen LogP contribution in [0.5, 0.6) is 0 Å². The smallest absolute Gasteiger partial charge is 0.146 e. The van der Waals surface area contributed by atoms with Crippen LogP contribution in [0.2, 0.25) is 0 Å². The molecule has 3 rings (SSSR count). The lowest BCUT2D eigenvalue weighted by atomic mass is 9.94. The van der Waals surface area contributed by atoms with Crippen LogP contribution in [-0.2, 0) is 13.6 Å². The van der Waals surface area contributed by atoms with Gasteiger partial charge in [-0.25, -0.2) is 0 Å². The van der Waals surface area contributed by atoms with Crippen LogP contribution in [0.1, 0.15) is 49.4 Å². The lowest BCUT2D eigenvalue weighted by Gasteiger charge is -2.28. The van der Waals surface area contributed by atoms with Crippen LogP contribution in [0.25, 0.3) is 0 Å². The highest BCUT2D eigenvalue weighted by Gasteiger charge is 2.33. The number of likely N-dealkylation sites (tertiary alicyclic amines) is 1. The summed E-state index contributed by atoms with van der Waals surface area (Å²) in [5, 5.41) is 8.74. The van der Waals surface area contributed by atoms with Gasteiger partial charge in [0.25, 0.3) is 0 Å². The van der Waals surface area contributed by atoms with Crippen LogP contribution in [0, 0.1) is 5.92 Å². The molecule has 0 spiro atoms.